The van der Waals surface area contributed by atoms with Gasteiger partial charge in [-0.05, 0) is 41.8 Å². The average molecular weight is 276 g/mol. The van der Waals surface area contributed by atoms with E-state index in [-0.39, 0.29) is 11.9 Å². The van der Waals surface area contributed by atoms with Crippen LogP contribution in [0.3, 0.4) is 0 Å². The van der Waals surface area contributed by atoms with E-state index in [1.54, 1.807) is 36.4 Å². The van der Waals surface area contributed by atoms with Crippen molar-refractivity contribution < 1.29 is 9.18 Å². The number of aliphatic imine (C=N–C) groups is 1. The molecule has 0 aliphatic carbocycles. The summed E-state index contributed by atoms with van der Waals surface area (Å²) >= 11 is 5.92. The Kier molecular flexibility index (Phi) is 4.45. The van der Waals surface area contributed by atoms with E-state index in [2.05, 4.69) is 4.99 Å². The molecular formula is C15H11ClFNO. The number of halogens is 2. The third kappa shape index (κ3) is 3.75. The van der Waals surface area contributed by atoms with E-state index >= 15 is 0 Å². The number of hydrogen-bond donors (Lipinski definition) is 0. The van der Waals surface area contributed by atoms with Crippen molar-refractivity contribution in [3.63, 3.8) is 0 Å². The highest BCUT2D eigenvalue weighted by Gasteiger charge is 2.11. The van der Waals surface area contributed by atoms with Crippen LogP contribution in [0.1, 0.15) is 17.2 Å². The van der Waals surface area contributed by atoms with E-state index in [1.165, 1.54) is 12.1 Å². The number of carbonyl (C=O) groups excluding carboxylic acids is 1. The molecule has 0 heterocycles. The van der Waals surface area contributed by atoms with Crippen LogP contribution in [0.15, 0.2) is 53.5 Å². The third-order valence-corrected chi connectivity index (χ3v) is 3.02. The third-order valence-electron chi connectivity index (χ3n) is 2.78. The molecule has 96 valence electrons. The van der Waals surface area contributed by atoms with Crippen molar-refractivity contribution in [2.45, 2.75) is 12.5 Å². The van der Waals surface area contributed by atoms with Crippen LogP contribution < -0.4 is 0 Å². The molecule has 2 aromatic rings. The molecule has 0 aromatic heterocycles. The molecule has 1 atom stereocenters. The van der Waals surface area contributed by atoms with Crippen LogP contribution in [0.2, 0.25) is 5.02 Å². The van der Waals surface area contributed by atoms with Crippen LogP contribution in [0.25, 0.3) is 0 Å². The zero-order chi connectivity index (χ0) is 13.7. The minimum Gasteiger partial charge on any atom is -0.211 e. The van der Waals surface area contributed by atoms with Crippen molar-refractivity contribution in [3.05, 3.63) is 70.5 Å². The van der Waals surface area contributed by atoms with Crippen molar-refractivity contribution in [1.29, 1.82) is 0 Å². The minimum atomic E-state index is -0.360. The van der Waals surface area contributed by atoms with Crippen LogP contribution in [0, 0.1) is 5.82 Å². The van der Waals surface area contributed by atoms with Gasteiger partial charge in [-0.3, -0.25) is 0 Å². The van der Waals surface area contributed by atoms with E-state index < -0.39 is 0 Å². The van der Waals surface area contributed by atoms with Crippen LogP contribution in [-0.2, 0) is 11.2 Å². The van der Waals surface area contributed by atoms with Gasteiger partial charge in [0, 0.05) is 5.02 Å². The van der Waals surface area contributed by atoms with Crippen LogP contribution in [0.5, 0.6) is 0 Å². The summed E-state index contributed by atoms with van der Waals surface area (Å²) in [5, 5.41) is 0.586. The van der Waals surface area contributed by atoms with Gasteiger partial charge in [0.15, 0.2) is 0 Å². The molecule has 0 bridgehead atoms. The van der Waals surface area contributed by atoms with E-state index in [9.17, 15) is 9.18 Å². The molecule has 0 spiro atoms. The first-order valence-electron chi connectivity index (χ1n) is 5.76. The van der Waals surface area contributed by atoms with Crippen LogP contribution >= 0.6 is 11.6 Å². The second-order valence-electron chi connectivity index (χ2n) is 4.12. The first-order chi connectivity index (χ1) is 9.19. The Labute approximate surface area is 115 Å². The largest absolute Gasteiger partial charge is 0.235 e. The summed E-state index contributed by atoms with van der Waals surface area (Å²) in [6, 6.07) is 12.9. The molecule has 0 saturated heterocycles. The molecule has 4 heteroatoms. The summed E-state index contributed by atoms with van der Waals surface area (Å²) in [5.41, 5.74) is 1.73. The van der Waals surface area contributed by atoms with E-state index in [0.29, 0.717) is 11.4 Å². The predicted octanol–water partition coefficient (Wildman–Crippen LogP) is 4.10. The average Bonchev–Trinajstić information content (AvgIpc) is 2.41. The second kappa shape index (κ2) is 6.28. The Hall–Kier alpha value is -1.96. The highest BCUT2D eigenvalue weighted by molar-refractivity contribution is 6.30. The van der Waals surface area contributed by atoms with Gasteiger partial charge in [-0.1, -0.05) is 35.9 Å². The number of isocyanates is 1. The van der Waals surface area contributed by atoms with Gasteiger partial charge in [0.1, 0.15) is 5.82 Å². The maximum absolute atomic E-state index is 12.8. The topological polar surface area (TPSA) is 29.4 Å². The molecule has 0 aliphatic rings. The molecule has 0 fully saturated rings. The molecule has 2 rings (SSSR count). The van der Waals surface area contributed by atoms with Gasteiger partial charge >= 0.3 is 0 Å². The van der Waals surface area contributed by atoms with Gasteiger partial charge in [0.2, 0.25) is 6.08 Å². The van der Waals surface area contributed by atoms with Gasteiger partial charge in [-0.25, -0.2) is 9.18 Å². The first-order valence-corrected chi connectivity index (χ1v) is 6.14. The summed E-state index contributed by atoms with van der Waals surface area (Å²) in [4.78, 5) is 14.3. The molecule has 1 unspecified atom stereocenters. The van der Waals surface area contributed by atoms with Crippen molar-refractivity contribution in [2.75, 3.05) is 0 Å². The monoisotopic (exact) mass is 275 g/mol. The van der Waals surface area contributed by atoms with E-state index in [4.69, 9.17) is 11.6 Å². The lowest BCUT2D eigenvalue weighted by atomic mass is 9.99. The predicted molar refractivity (Wildman–Crippen MR) is 72.4 cm³/mol. The zero-order valence-corrected chi connectivity index (χ0v) is 10.8. The lowest BCUT2D eigenvalue weighted by molar-refractivity contribution is 0.557. The van der Waals surface area contributed by atoms with Gasteiger partial charge in [-0.2, -0.15) is 4.99 Å². The van der Waals surface area contributed by atoms with Crippen LogP contribution in [0.4, 0.5) is 4.39 Å². The first kappa shape index (κ1) is 13.5. The number of benzene rings is 2. The quantitative estimate of drug-likeness (QED) is 0.610. The Morgan fingerprint density at radius 2 is 1.95 bits per heavy atom. The molecule has 2 nitrogen and oxygen atoms in total. The van der Waals surface area contributed by atoms with Crippen LogP contribution in [-0.4, -0.2) is 6.08 Å². The van der Waals surface area contributed by atoms with Crippen molar-refractivity contribution in [3.8, 4) is 0 Å². The van der Waals surface area contributed by atoms with Crippen molar-refractivity contribution in [2.24, 2.45) is 4.99 Å². The summed E-state index contributed by atoms with van der Waals surface area (Å²) in [6.45, 7) is 0. The highest BCUT2D eigenvalue weighted by Crippen LogP contribution is 2.24. The molecule has 0 radical (unpaired) electrons. The molecule has 0 amide bonds. The molecule has 0 aliphatic heterocycles. The maximum atomic E-state index is 12.8. The SMILES string of the molecule is O=C=NC(Cc1ccc(F)cc1)c1cccc(Cl)c1. The number of hydrogen-bond acceptors (Lipinski definition) is 2. The van der Waals surface area contributed by atoms with Crippen molar-refractivity contribution >= 4 is 17.7 Å². The number of rotatable bonds is 4. The minimum absolute atomic E-state index is 0.290. The van der Waals surface area contributed by atoms with Gasteiger partial charge in [0.05, 0.1) is 6.04 Å². The maximum Gasteiger partial charge on any atom is 0.235 e. The summed E-state index contributed by atoms with van der Waals surface area (Å²) in [6.07, 6.45) is 2.07. The Balaban J connectivity index is 2.26. The van der Waals surface area contributed by atoms with E-state index in [0.717, 1.165) is 11.1 Å². The lowest BCUT2D eigenvalue weighted by Gasteiger charge is -2.11. The van der Waals surface area contributed by atoms with Gasteiger partial charge < -0.3 is 0 Å². The fourth-order valence-electron chi connectivity index (χ4n) is 1.86. The molecule has 2 aromatic carbocycles. The summed E-state index contributed by atoms with van der Waals surface area (Å²) < 4.78 is 12.8. The van der Waals surface area contributed by atoms with Crippen molar-refractivity contribution in [1.82, 2.24) is 0 Å². The smallest absolute Gasteiger partial charge is 0.211 e. The Morgan fingerprint density at radius 1 is 1.21 bits per heavy atom. The summed E-state index contributed by atoms with van der Waals surface area (Å²) in [7, 11) is 0. The van der Waals surface area contributed by atoms with E-state index in [1.807, 2.05) is 6.07 Å². The molecule has 0 N–H and O–H groups in total. The van der Waals surface area contributed by atoms with Gasteiger partial charge in [0.25, 0.3) is 0 Å². The lowest BCUT2D eigenvalue weighted by Crippen LogP contribution is -2.00. The second-order valence-corrected chi connectivity index (χ2v) is 4.56. The molecular weight excluding hydrogens is 265 g/mol. The molecule has 19 heavy (non-hydrogen) atoms. The normalized spacial score (nSPS) is 11.7. The molecule has 0 saturated carbocycles. The number of nitrogens with zero attached hydrogens (tertiary/aromatic N) is 1. The fraction of sp³-hybridized carbons (Fsp3) is 0.133. The zero-order valence-electron chi connectivity index (χ0n) is 10.0. The fourth-order valence-corrected chi connectivity index (χ4v) is 2.06. The summed E-state index contributed by atoms with van der Waals surface area (Å²) in [5.74, 6) is -0.290. The van der Waals surface area contributed by atoms with Gasteiger partial charge in [-0.15, -0.1) is 0 Å². The standard InChI is InChI=1S/C15H11ClFNO/c16-13-3-1-2-12(9-13)15(18-10-19)8-11-4-6-14(17)7-5-11/h1-7,9,15H,8H2. The Morgan fingerprint density at radius 3 is 2.58 bits per heavy atom. The Bertz CT molecular complexity index is 606. The highest BCUT2D eigenvalue weighted by atomic mass is 35.5.